The molecule has 0 saturated heterocycles. The second-order valence-corrected chi connectivity index (χ2v) is 5.50. The average Bonchev–Trinajstić information content (AvgIpc) is 2.46. The highest BCUT2D eigenvalue weighted by atomic mass is 16.5. The molecule has 0 saturated carbocycles. The molecular weight excluding hydrogens is 266 g/mol. The van der Waals surface area contributed by atoms with Crippen LogP contribution in [0.4, 0.5) is 5.82 Å². The van der Waals surface area contributed by atoms with E-state index in [1.165, 1.54) is 7.11 Å². The Hall–Kier alpha value is -2.17. The van der Waals surface area contributed by atoms with E-state index in [1.54, 1.807) is 0 Å². The van der Waals surface area contributed by atoms with Crippen molar-refractivity contribution in [3.8, 4) is 0 Å². The minimum atomic E-state index is -0.413. The van der Waals surface area contributed by atoms with Crippen LogP contribution >= 0.6 is 0 Å². The molecule has 0 aliphatic rings. The van der Waals surface area contributed by atoms with Crippen LogP contribution in [0.15, 0.2) is 24.3 Å². The Morgan fingerprint density at radius 3 is 2.43 bits per heavy atom. The number of nitrogens with one attached hydrogen (secondary N) is 1. The Morgan fingerprint density at radius 1 is 1.24 bits per heavy atom. The lowest BCUT2D eigenvalue weighted by molar-refractivity contribution is -0.141. The molecule has 1 atom stereocenters. The lowest BCUT2D eigenvalue weighted by Crippen LogP contribution is -2.32. The van der Waals surface area contributed by atoms with Crippen molar-refractivity contribution in [1.82, 2.24) is 9.97 Å². The molecule has 1 unspecified atom stereocenters. The van der Waals surface area contributed by atoms with Crippen LogP contribution in [0.5, 0.6) is 0 Å². The summed E-state index contributed by atoms with van der Waals surface area (Å²) in [5, 5.41) is 3.17. The highest BCUT2D eigenvalue weighted by Crippen LogP contribution is 2.19. The number of carbonyl (C=O) groups is 1. The number of hydrogen-bond acceptors (Lipinski definition) is 5. The zero-order chi connectivity index (χ0) is 15.4. The molecule has 2 aromatic rings. The van der Waals surface area contributed by atoms with E-state index in [2.05, 4.69) is 29.1 Å². The molecule has 0 aliphatic carbocycles. The van der Waals surface area contributed by atoms with Crippen LogP contribution in [0, 0.1) is 12.8 Å². The van der Waals surface area contributed by atoms with Gasteiger partial charge >= 0.3 is 5.97 Å². The van der Waals surface area contributed by atoms with E-state index in [0.717, 1.165) is 16.7 Å². The quantitative estimate of drug-likeness (QED) is 0.857. The predicted octanol–water partition coefficient (Wildman–Crippen LogP) is 2.94. The number of hydrogen-bond donors (Lipinski definition) is 1. The molecule has 2 rings (SSSR count). The summed E-state index contributed by atoms with van der Waals surface area (Å²) in [5.41, 5.74) is 2.42. The van der Waals surface area contributed by atoms with Crippen LogP contribution in [0.3, 0.4) is 0 Å². The van der Waals surface area contributed by atoms with Crippen LogP contribution in [-0.4, -0.2) is 29.1 Å². The van der Waals surface area contributed by atoms with Gasteiger partial charge in [-0.2, -0.15) is 0 Å². The van der Waals surface area contributed by atoms with E-state index in [1.807, 2.05) is 31.2 Å². The molecule has 5 nitrogen and oxygen atoms in total. The molecule has 0 fully saturated rings. The summed E-state index contributed by atoms with van der Waals surface area (Å²) in [6.07, 6.45) is 0.681. The first kappa shape index (κ1) is 15.2. The smallest absolute Gasteiger partial charge is 0.328 e. The van der Waals surface area contributed by atoms with Crippen LogP contribution in [0.25, 0.3) is 11.0 Å². The van der Waals surface area contributed by atoms with Gasteiger partial charge < -0.3 is 10.1 Å². The fourth-order valence-corrected chi connectivity index (χ4v) is 2.22. The maximum absolute atomic E-state index is 11.9. The van der Waals surface area contributed by atoms with Crippen LogP contribution < -0.4 is 5.32 Å². The van der Waals surface area contributed by atoms with Gasteiger partial charge in [-0.1, -0.05) is 26.0 Å². The fraction of sp³-hybridized carbons (Fsp3) is 0.438. The number of fused-ring (bicyclic) bond motifs is 1. The third-order valence-electron chi connectivity index (χ3n) is 3.25. The summed E-state index contributed by atoms with van der Waals surface area (Å²) in [4.78, 5) is 21.0. The number of aromatic nitrogens is 2. The first-order chi connectivity index (χ1) is 10.0. The van der Waals surface area contributed by atoms with E-state index in [4.69, 9.17) is 4.74 Å². The van der Waals surface area contributed by atoms with Crippen LogP contribution in [0.2, 0.25) is 0 Å². The molecule has 1 aromatic carbocycles. The molecule has 1 N–H and O–H groups in total. The van der Waals surface area contributed by atoms with Crippen molar-refractivity contribution in [2.45, 2.75) is 33.2 Å². The summed E-state index contributed by atoms with van der Waals surface area (Å²) in [7, 11) is 1.40. The number of anilines is 1. The molecule has 0 bridgehead atoms. The molecule has 1 heterocycles. The fourth-order valence-electron chi connectivity index (χ4n) is 2.22. The summed E-state index contributed by atoms with van der Waals surface area (Å²) < 4.78 is 4.86. The first-order valence-electron chi connectivity index (χ1n) is 7.09. The van der Waals surface area contributed by atoms with E-state index < -0.39 is 6.04 Å². The minimum Gasteiger partial charge on any atom is -0.467 e. The van der Waals surface area contributed by atoms with Gasteiger partial charge in [0.05, 0.1) is 23.8 Å². The van der Waals surface area contributed by atoms with Crippen molar-refractivity contribution < 1.29 is 9.53 Å². The Labute approximate surface area is 124 Å². The zero-order valence-corrected chi connectivity index (χ0v) is 12.9. The predicted molar refractivity (Wildman–Crippen MR) is 83.2 cm³/mol. The van der Waals surface area contributed by atoms with E-state index in [9.17, 15) is 4.79 Å². The molecular formula is C16H21N3O2. The van der Waals surface area contributed by atoms with Gasteiger partial charge in [0.1, 0.15) is 11.9 Å². The minimum absolute atomic E-state index is 0.280. The topological polar surface area (TPSA) is 64.1 Å². The number of rotatable bonds is 5. The lowest BCUT2D eigenvalue weighted by Gasteiger charge is -2.19. The number of methoxy groups -OCH3 is 1. The van der Waals surface area contributed by atoms with Crippen molar-refractivity contribution in [2.75, 3.05) is 12.4 Å². The summed E-state index contributed by atoms with van der Waals surface area (Å²) in [6.45, 7) is 6.01. The number of aryl methyl sites for hydroxylation is 1. The SMILES string of the molecule is COC(=O)C(CC(C)C)Nc1nc2ccccc2nc1C. The normalized spacial score (nSPS) is 12.4. The average molecular weight is 287 g/mol. The van der Waals surface area contributed by atoms with Crippen molar-refractivity contribution in [3.63, 3.8) is 0 Å². The van der Waals surface area contributed by atoms with Crippen molar-refractivity contribution >= 4 is 22.8 Å². The van der Waals surface area contributed by atoms with Gasteiger partial charge in [-0.15, -0.1) is 0 Å². The standard InChI is InChI=1S/C16H21N3O2/c1-10(2)9-14(16(20)21-4)19-15-11(3)17-12-7-5-6-8-13(12)18-15/h5-8,10,14H,9H2,1-4H3,(H,18,19). The molecule has 0 amide bonds. The maximum atomic E-state index is 11.9. The van der Waals surface area contributed by atoms with Gasteiger partial charge in [-0.3, -0.25) is 0 Å². The van der Waals surface area contributed by atoms with E-state index >= 15 is 0 Å². The Balaban J connectivity index is 2.31. The molecule has 112 valence electrons. The highest BCUT2D eigenvalue weighted by Gasteiger charge is 2.21. The molecule has 21 heavy (non-hydrogen) atoms. The second kappa shape index (κ2) is 6.52. The van der Waals surface area contributed by atoms with Gasteiger partial charge in [-0.05, 0) is 31.4 Å². The molecule has 1 aromatic heterocycles. The number of nitrogens with zero attached hydrogens (tertiary/aromatic N) is 2. The van der Waals surface area contributed by atoms with Crippen molar-refractivity contribution in [3.05, 3.63) is 30.0 Å². The van der Waals surface area contributed by atoms with Gasteiger partial charge in [0.25, 0.3) is 0 Å². The Kier molecular flexibility index (Phi) is 4.73. The number of ether oxygens (including phenoxy) is 1. The molecule has 0 aliphatic heterocycles. The Morgan fingerprint density at radius 2 is 1.86 bits per heavy atom. The number of esters is 1. The molecule has 5 heteroatoms. The maximum Gasteiger partial charge on any atom is 0.328 e. The second-order valence-electron chi connectivity index (χ2n) is 5.50. The summed E-state index contributed by atoms with van der Waals surface area (Å²) in [6, 6.07) is 7.26. The lowest BCUT2D eigenvalue weighted by atomic mass is 10.0. The van der Waals surface area contributed by atoms with E-state index in [0.29, 0.717) is 18.2 Å². The molecule has 0 spiro atoms. The van der Waals surface area contributed by atoms with Crippen LogP contribution in [-0.2, 0) is 9.53 Å². The number of para-hydroxylation sites is 2. The summed E-state index contributed by atoms with van der Waals surface area (Å²) in [5.74, 6) is 0.720. The van der Waals surface area contributed by atoms with Crippen molar-refractivity contribution in [1.29, 1.82) is 0 Å². The highest BCUT2D eigenvalue weighted by molar-refractivity contribution is 5.80. The van der Waals surface area contributed by atoms with Gasteiger partial charge in [-0.25, -0.2) is 14.8 Å². The van der Waals surface area contributed by atoms with Gasteiger partial charge in [0.15, 0.2) is 0 Å². The van der Waals surface area contributed by atoms with Crippen molar-refractivity contribution in [2.24, 2.45) is 5.92 Å². The molecule has 0 radical (unpaired) electrons. The van der Waals surface area contributed by atoms with Gasteiger partial charge in [0, 0.05) is 0 Å². The monoisotopic (exact) mass is 287 g/mol. The summed E-state index contributed by atoms with van der Waals surface area (Å²) >= 11 is 0. The Bertz CT molecular complexity index is 640. The third kappa shape index (κ3) is 3.68. The van der Waals surface area contributed by atoms with Gasteiger partial charge in [0.2, 0.25) is 0 Å². The zero-order valence-electron chi connectivity index (χ0n) is 12.9. The number of carbonyl (C=O) groups excluding carboxylic acids is 1. The van der Waals surface area contributed by atoms with E-state index in [-0.39, 0.29) is 5.97 Å². The van der Waals surface area contributed by atoms with Crippen LogP contribution in [0.1, 0.15) is 26.0 Å². The number of benzene rings is 1. The first-order valence-corrected chi connectivity index (χ1v) is 7.09. The largest absolute Gasteiger partial charge is 0.467 e. The third-order valence-corrected chi connectivity index (χ3v) is 3.25.